The van der Waals surface area contributed by atoms with E-state index in [1.165, 1.54) is 29.9 Å². The van der Waals surface area contributed by atoms with Crippen molar-refractivity contribution in [2.75, 3.05) is 0 Å². The quantitative estimate of drug-likeness (QED) is 0.723. The molecule has 0 aliphatic rings. The van der Waals surface area contributed by atoms with Crippen molar-refractivity contribution in [1.82, 2.24) is 14.3 Å². The number of aryl methyl sites for hydroxylation is 3. The Morgan fingerprint density at radius 1 is 1.11 bits per heavy atom. The van der Waals surface area contributed by atoms with E-state index in [2.05, 4.69) is 4.98 Å². The number of benzene rings is 2. The van der Waals surface area contributed by atoms with Gasteiger partial charge in [0.2, 0.25) is 0 Å². The van der Waals surface area contributed by atoms with E-state index in [1.54, 1.807) is 26.0 Å². The van der Waals surface area contributed by atoms with Gasteiger partial charge >= 0.3 is 0 Å². The van der Waals surface area contributed by atoms with Crippen molar-refractivity contribution in [3.63, 3.8) is 0 Å². The average molecular weight is 405 g/mol. The van der Waals surface area contributed by atoms with E-state index >= 15 is 0 Å². The van der Waals surface area contributed by atoms with Gasteiger partial charge in [-0.3, -0.25) is 4.79 Å². The van der Waals surface area contributed by atoms with Crippen molar-refractivity contribution in [3.8, 4) is 11.4 Å². The Hall–Kier alpha value is -3.07. The highest BCUT2D eigenvalue weighted by molar-refractivity contribution is 7.90. The SMILES string of the molecule is Cc1ccc(C)c(S(=O)(=O)NC(=O)c2cn(C)c(-c3c(F)cccc3F)n2)c1. The monoisotopic (exact) mass is 405 g/mol. The summed E-state index contributed by atoms with van der Waals surface area (Å²) in [5, 5.41) is 0. The Bertz CT molecular complexity index is 1170. The molecule has 6 nitrogen and oxygen atoms in total. The van der Waals surface area contributed by atoms with Crippen molar-refractivity contribution in [1.29, 1.82) is 0 Å². The van der Waals surface area contributed by atoms with Gasteiger partial charge in [-0.15, -0.1) is 0 Å². The average Bonchev–Trinajstić information content (AvgIpc) is 2.98. The van der Waals surface area contributed by atoms with E-state index in [9.17, 15) is 22.0 Å². The Kier molecular flexibility index (Phi) is 5.03. The summed E-state index contributed by atoms with van der Waals surface area (Å²) in [6.45, 7) is 3.34. The number of hydrogen-bond acceptors (Lipinski definition) is 4. The zero-order valence-electron chi connectivity index (χ0n) is 15.3. The summed E-state index contributed by atoms with van der Waals surface area (Å²) in [5.41, 5.74) is 0.505. The van der Waals surface area contributed by atoms with Gasteiger partial charge in [-0.25, -0.2) is 26.9 Å². The van der Waals surface area contributed by atoms with E-state index < -0.39 is 33.1 Å². The molecule has 0 spiro atoms. The van der Waals surface area contributed by atoms with Crippen LogP contribution in [0.2, 0.25) is 0 Å². The molecule has 0 bridgehead atoms. The lowest BCUT2D eigenvalue weighted by atomic mass is 10.2. The Balaban J connectivity index is 1.95. The zero-order valence-corrected chi connectivity index (χ0v) is 16.1. The van der Waals surface area contributed by atoms with Gasteiger partial charge in [0, 0.05) is 13.2 Å². The highest BCUT2D eigenvalue weighted by Crippen LogP contribution is 2.25. The number of halogens is 2. The Labute approximate surface area is 160 Å². The van der Waals surface area contributed by atoms with E-state index in [0.29, 0.717) is 11.1 Å². The first kappa shape index (κ1) is 19.7. The maximum absolute atomic E-state index is 14.0. The fourth-order valence-electron chi connectivity index (χ4n) is 2.75. The number of carbonyl (C=O) groups is 1. The van der Waals surface area contributed by atoms with Crippen LogP contribution in [-0.4, -0.2) is 23.9 Å². The summed E-state index contributed by atoms with van der Waals surface area (Å²) in [4.78, 5) is 16.3. The van der Waals surface area contributed by atoms with Gasteiger partial charge in [-0.1, -0.05) is 18.2 Å². The summed E-state index contributed by atoms with van der Waals surface area (Å²) < 4.78 is 56.4. The summed E-state index contributed by atoms with van der Waals surface area (Å²) >= 11 is 0. The number of hydrogen-bond donors (Lipinski definition) is 1. The summed E-state index contributed by atoms with van der Waals surface area (Å²) in [5.74, 6) is -2.82. The van der Waals surface area contributed by atoms with Crippen LogP contribution in [0.4, 0.5) is 8.78 Å². The molecule has 0 saturated carbocycles. The van der Waals surface area contributed by atoms with Gasteiger partial charge in [-0.05, 0) is 43.2 Å². The molecule has 146 valence electrons. The normalized spacial score (nSPS) is 11.5. The molecule has 28 heavy (non-hydrogen) atoms. The number of aromatic nitrogens is 2. The van der Waals surface area contributed by atoms with Crippen LogP contribution in [-0.2, 0) is 17.1 Å². The lowest BCUT2D eigenvalue weighted by Gasteiger charge is -2.09. The molecule has 1 amide bonds. The van der Waals surface area contributed by atoms with E-state index in [0.717, 1.165) is 12.1 Å². The van der Waals surface area contributed by atoms with E-state index in [1.807, 2.05) is 4.72 Å². The molecule has 2 aromatic carbocycles. The molecule has 0 saturated heterocycles. The third-order valence-corrected chi connectivity index (χ3v) is 5.63. The molecular weight excluding hydrogens is 388 g/mol. The predicted molar refractivity (Wildman–Crippen MR) is 99.1 cm³/mol. The molecule has 1 heterocycles. The Morgan fingerprint density at radius 2 is 1.75 bits per heavy atom. The number of amides is 1. The predicted octanol–water partition coefficient (Wildman–Crippen LogP) is 3.10. The second-order valence-electron chi connectivity index (χ2n) is 6.36. The molecule has 0 aliphatic heterocycles. The number of nitrogens with one attached hydrogen (secondary N) is 1. The van der Waals surface area contributed by atoms with E-state index in [-0.39, 0.29) is 16.4 Å². The molecule has 1 aromatic heterocycles. The number of rotatable bonds is 4. The van der Waals surface area contributed by atoms with Crippen LogP contribution in [0.25, 0.3) is 11.4 Å². The summed E-state index contributed by atoms with van der Waals surface area (Å²) in [6.07, 6.45) is 1.20. The molecule has 0 aliphatic carbocycles. The van der Waals surface area contributed by atoms with Crippen molar-refractivity contribution < 1.29 is 22.0 Å². The molecule has 0 atom stereocenters. The fraction of sp³-hybridized carbons (Fsp3) is 0.158. The van der Waals surface area contributed by atoms with Gasteiger partial charge in [0.05, 0.1) is 10.5 Å². The number of sulfonamides is 1. The minimum absolute atomic E-state index is 0.0304. The molecule has 0 unspecified atom stereocenters. The van der Waals surface area contributed by atoms with Gasteiger partial charge in [0.1, 0.15) is 23.2 Å². The zero-order chi connectivity index (χ0) is 20.6. The first-order valence-corrected chi connectivity index (χ1v) is 9.70. The second-order valence-corrected chi connectivity index (χ2v) is 8.01. The lowest BCUT2D eigenvalue weighted by Crippen LogP contribution is -2.31. The molecule has 9 heteroatoms. The topological polar surface area (TPSA) is 81.1 Å². The standard InChI is InChI=1S/C19H17F2N3O3S/c1-11-7-8-12(2)16(9-11)28(26,27)23-19(25)15-10-24(3)18(22-15)17-13(20)5-4-6-14(17)21/h4-10H,1-3H3,(H,23,25). The third-order valence-electron chi connectivity index (χ3n) is 4.16. The largest absolute Gasteiger partial charge is 0.333 e. The van der Waals surface area contributed by atoms with Crippen LogP contribution in [0, 0.1) is 25.5 Å². The lowest BCUT2D eigenvalue weighted by molar-refractivity contribution is 0.0977. The molecule has 0 fully saturated rings. The third kappa shape index (κ3) is 3.65. The molecule has 3 aromatic rings. The smallest absolute Gasteiger partial charge is 0.285 e. The van der Waals surface area contributed by atoms with Gasteiger partial charge in [0.15, 0.2) is 0 Å². The first-order chi connectivity index (χ1) is 13.1. The minimum atomic E-state index is -4.14. The second kappa shape index (κ2) is 7.16. The molecule has 3 rings (SSSR count). The number of carbonyl (C=O) groups excluding carboxylic acids is 1. The van der Waals surface area contributed by atoms with Crippen molar-refractivity contribution >= 4 is 15.9 Å². The molecule has 1 N–H and O–H groups in total. The van der Waals surface area contributed by atoms with Crippen LogP contribution in [0.1, 0.15) is 21.6 Å². The van der Waals surface area contributed by atoms with Crippen LogP contribution >= 0.6 is 0 Å². The first-order valence-electron chi connectivity index (χ1n) is 8.22. The van der Waals surface area contributed by atoms with Gasteiger partial charge < -0.3 is 4.57 Å². The van der Waals surface area contributed by atoms with Crippen molar-refractivity contribution in [3.05, 3.63) is 71.1 Å². The summed E-state index contributed by atoms with van der Waals surface area (Å²) in [6, 6.07) is 8.18. The minimum Gasteiger partial charge on any atom is -0.333 e. The van der Waals surface area contributed by atoms with Crippen molar-refractivity contribution in [2.45, 2.75) is 18.7 Å². The number of nitrogens with zero attached hydrogens (tertiary/aromatic N) is 2. The molecule has 0 radical (unpaired) electrons. The van der Waals surface area contributed by atoms with Gasteiger partial charge in [0.25, 0.3) is 15.9 Å². The van der Waals surface area contributed by atoms with E-state index in [4.69, 9.17) is 0 Å². The van der Waals surface area contributed by atoms with Crippen molar-refractivity contribution in [2.24, 2.45) is 7.05 Å². The fourth-order valence-corrected chi connectivity index (χ4v) is 4.04. The van der Waals surface area contributed by atoms with Crippen LogP contribution in [0.3, 0.4) is 0 Å². The molecular formula is C19H17F2N3O3S. The number of imidazole rings is 1. The maximum atomic E-state index is 14.0. The van der Waals surface area contributed by atoms with Crippen LogP contribution in [0.5, 0.6) is 0 Å². The maximum Gasteiger partial charge on any atom is 0.285 e. The van der Waals surface area contributed by atoms with Crippen LogP contribution in [0.15, 0.2) is 47.5 Å². The Morgan fingerprint density at radius 3 is 2.39 bits per heavy atom. The highest BCUT2D eigenvalue weighted by atomic mass is 32.2. The van der Waals surface area contributed by atoms with Gasteiger partial charge in [-0.2, -0.15) is 0 Å². The van der Waals surface area contributed by atoms with Crippen LogP contribution < -0.4 is 4.72 Å². The summed E-state index contributed by atoms with van der Waals surface area (Å²) in [7, 11) is -2.69. The highest BCUT2D eigenvalue weighted by Gasteiger charge is 2.24.